The Hall–Kier alpha value is -1.62. The first kappa shape index (κ1) is 11.9. The third kappa shape index (κ3) is 2.10. The summed E-state index contributed by atoms with van der Waals surface area (Å²) in [4.78, 5) is 22.6. The highest BCUT2D eigenvalue weighted by atomic mass is 35.5. The fourth-order valence-corrected chi connectivity index (χ4v) is 1.66. The van der Waals surface area contributed by atoms with E-state index in [4.69, 9.17) is 16.7 Å². The first-order valence-electron chi connectivity index (χ1n) is 4.95. The maximum Gasteiger partial charge on any atom is 0.319 e. The number of carboxylic acids is 1. The van der Waals surface area contributed by atoms with Gasteiger partial charge in [-0.2, -0.15) is 0 Å². The van der Waals surface area contributed by atoms with Gasteiger partial charge in [0.1, 0.15) is 11.2 Å². The lowest BCUT2D eigenvalue weighted by Gasteiger charge is -2.11. The van der Waals surface area contributed by atoms with Gasteiger partial charge >= 0.3 is 5.97 Å². The Kier molecular flexibility index (Phi) is 2.79. The number of anilines is 1. The Balaban J connectivity index is 2.19. The van der Waals surface area contributed by atoms with E-state index in [1.54, 1.807) is 0 Å². The standard InChI is InChI=1S/C11H9ClFNO3/c12-7-2-1-6(13)5-8(7)14-9(15)11(3-4-11)10(16)17/h1-2,5H,3-4H2,(H,14,15)(H,16,17). The van der Waals surface area contributed by atoms with Crippen molar-refractivity contribution in [3.8, 4) is 0 Å². The highest BCUT2D eigenvalue weighted by molar-refractivity contribution is 6.34. The topological polar surface area (TPSA) is 66.4 Å². The summed E-state index contributed by atoms with van der Waals surface area (Å²) in [5.41, 5.74) is -1.28. The molecular formula is C11H9ClFNO3. The van der Waals surface area contributed by atoms with Gasteiger partial charge in [0.25, 0.3) is 0 Å². The zero-order valence-electron chi connectivity index (χ0n) is 8.67. The summed E-state index contributed by atoms with van der Waals surface area (Å²) in [6.07, 6.45) is 0.586. The lowest BCUT2D eigenvalue weighted by molar-refractivity contribution is -0.147. The van der Waals surface area contributed by atoms with Crippen LogP contribution in [0.2, 0.25) is 5.02 Å². The summed E-state index contributed by atoms with van der Waals surface area (Å²) in [6, 6.07) is 3.51. The zero-order valence-corrected chi connectivity index (χ0v) is 9.42. The highest BCUT2D eigenvalue weighted by Crippen LogP contribution is 2.47. The Morgan fingerprint density at radius 2 is 2.06 bits per heavy atom. The van der Waals surface area contributed by atoms with Gasteiger partial charge in [0.05, 0.1) is 10.7 Å². The van der Waals surface area contributed by atoms with E-state index in [0.29, 0.717) is 12.8 Å². The molecule has 0 aliphatic heterocycles. The van der Waals surface area contributed by atoms with Crippen molar-refractivity contribution in [2.75, 3.05) is 5.32 Å². The minimum absolute atomic E-state index is 0.0872. The van der Waals surface area contributed by atoms with Gasteiger partial charge in [0.15, 0.2) is 0 Å². The lowest BCUT2D eigenvalue weighted by Crippen LogP contribution is -2.31. The molecule has 1 saturated carbocycles. The third-order valence-corrected chi connectivity index (χ3v) is 3.10. The fraction of sp³-hybridized carbons (Fsp3) is 0.273. The molecule has 0 spiro atoms. The maximum atomic E-state index is 12.9. The van der Waals surface area contributed by atoms with Gasteiger partial charge in [-0.25, -0.2) is 4.39 Å². The molecular weight excluding hydrogens is 249 g/mol. The number of carbonyl (C=O) groups is 2. The molecule has 1 aromatic rings. The van der Waals surface area contributed by atoms with Gasteiger partial charge in [0, 0.05) is 0 Å². The van der Waals surface area contributed by atoms with Crippen LogP contribution < -0.4 is 5.32 Å². The van der Waals surface area contributed by atoms with E-state index in [9.17, 15) is 14.0 Å². The van der Waals surface area contributed by atoms with Crippen LogP contribution in [-0.2, 0) is 9.59 Å². The number of benzene rings is 1. The van der Waals surface area contributed by atoms with Crippen LogP contribution in [0.5, 0.6) is 0 Å². The van der Waals surface area contributed by atoms with E-state index in [0.717, 1.165) is 12.1 Å². The first-order chi connectivity index (χ1) is 7.95. The molecule has 2 N–H and O–H groups in total. The number of aliphatic carboxylic acids is 1. The summed E-state index contributed by atoms with van der Waals surface area (Å²) < 4.78 is 12.9. The molecule has 0 radical (unpaired) electrons. The maximum absolute atomic E-state index is 12.9. The van der Waals surface area contributed by atoms with Crippen LogP contribution >= 0.6 is 11.6 Å². The van der Waals surface area contributed by atoms with Crippen LogP contribution in [0.15, 0.2) is 18.2 Å². The van der Waals surface area contributed by atoms with Crippen LogP contribution in [0.1, 0.15) is 12.8 Å². The molecule has 2 rings (SSSR count). The number of carbonyl (C=O) groups excluding carboxylic acids is 1. The minimum atomic E-state index is -1.37. The van der Waals surface area contributed by atoms with Crippen LogP contribution in [0, 0.1) is 11.2 Å². The summed E-state index contributed by atoms with van der Waals surface area (Å²) in [5, 5.41) is 11.4. The van der Waals surface area contributed by atoms with Gasteiger partial charge in [-0.15, -0.1) is 0 Å². The molecule has 1 aliphatic carbocycles. The summed E-state index contributed by atoms with van der Waals surface area (Å²) >= 11 is 5.76. The van der Waals surface area contributed by atoms with E-state index in [1.807, 2.05) is 0 Å². The van der Waals surface area contributed by atoms with E-state index in [1.165, 1.54) is 6.07 Å². The van der Waals surface area contributed by atoms with Gasteiger partial charge in [-0.3, -0.25) is 9.59 Å². The van der Waals surface area contributed by atoms with Crippen molar-refractivity contribution in [2.24, 2.45) is 5.41 Å². The van der Waals surface area contributed by atoms with Crippen molar-refractivity contribution in [2.45, 2.75) is 12.8 Å². The van der Waals surface area contributed by atoms with Crippen LogP contribution in [0.4, 0.5) is 10.1 Å². The number of carboxylic acid groups (broad SMARTS) is 1. The summed E-state index contributed by atoms with van der Waals surface area (Å²) in [7, 11) is 0. The predicted molar refractivity (Wildman–Crippen MR) is 59.3 cm³/mol. The Bertz CT molecular complexity index is 499. The SMILES string of the molecule is O=C(O)C1(C(=O)Nc2cc(F)ccc2Cl)CC1. The quantitative estimate of drug-likeness (QED) is 0.817. The molecule has 0 unspecified atom stereocenters. The molecule has 17 heavy (non-hydrogen) atoms. The van der Waals surface area contributed by atoms with Crippen molar-refractivity contribution in [1.29, 1.82) is 0 Å². The number of hydrogen-bond donors (Lipinski definition) is 2. The average Bonchev–Trinajstić information content (AvgIpc) is 3.04. The Morgan fingerprint density at radius 3 is 2.59 bits per heavy atom. The van der Waals surface area contributed by atoms with Crippen LogP contribution in [0.25, 0.3) is 0 Å². The minimum Gasteiger partial charge on any atom is -0.480 e. The lowest BCUT2D eigenvalue weighted by atomic mass is 10.1. The molecule has 1 fully saturated rings. The normalized spacial score (nSPS) is 16.4. The summed E-state index contributed by atoms with van der Waals surface area (Å²) in [6.45, 7) is 0. The molecule has 1 aliphatic rings. The van der Waals surface area contributed by atoms with Gasteiger partial charge in [-0.05, 0) is 31.0 Å². The zero-order chi connectivity index (χ0) is 12.6. The first-order valence-corrected chi connectivity index (χ1v) is 5.33. The second kappa shape index (κ2) is 4.00. The predicted octanol–water partition coefficient (Wildman–Crippen LogP) is 2.28. The molecule has 1 aromatic carbocycles. The number of nitrogens with one attached hydrogen (secondary N) is 1. The van der Waals surface area contributed by atoms with Crippen molar-refractivity contribution < 1.29 is 19.1 Å². The summed E-state index contributed by atoms with van der Waals surface area (Å²) in [5.74, 6) is -2.37. The second-order valence-electron chi connectivity index (χ2n) is 3.97. The number of hydrogen-bond acceptors (Lipinski definition) is 2. The molecule has 4 nitrogen and oxygen atoms in total. The smallest absolute Gasteiger partial charge is 0.319 e. The number of halogens is 2. The molecule has 0 aromatic heterocycles. The molecule has 90 valence electrons. The third-order valence-electron chi connectivity index (χ3n) is 2.77. The van der Waals surface area contributed by atoms with E-state index in [2.05, 4.69) is 5.32 Å². The number of rotatable bonds is 3. The van der Waals surface area contributed by atoms with Gasteiger partial charge in [0.2, 0.25) is 5.91 Å². The Labute approximate surface area is 101 Å². The van der Waals surface area contributed by atoms with Crippen LogP contribution in [-0.4, -0.2) is 17.0 Å². The van der Waals surface area contributed by atoms with Crippen molar-refractivity contribution >= 4 is 29.2 Å². The molecule has 0 saturated heterocycles. The molecule has 0 atom stereocenters. The largest absolute Gasteiger partial charge is 0.480 e. The second-order valence-corrected chi connectivity index (χ2v) is 4.37. The molecule has 6 heteroatoms. The monoisotopic (exact) mass is 257 g/mol. The van der Waals surface area contributed by atoms with Crippen LogP contribution in [0.3, 0.4) is 0 Å². The molecule has 0 bridgehead atoms. The van der Waals surface area contributed by atoms with Gasteiger partial charge < -0.3 is 10.4 Å². The van der Waals surface area contributed by atoms with Crippen molar-refractivity contribution in [1.82, 2.24) is 0 Å². The molecule has 0 heterocycles. The van der Waals surface area contributed by atoms with E-state index >= 15 is 0 Å². The highest BCUT2D eigenvalue weighted by Gasteiger charge is 2.57. The van der Waals surface area contributed by atoms with Gasteiger partial charge in [-0.1, -0.05) is 11.6 Å². The number of amides is 1. The van der Waals surface area contributed by atoms with Crippen molar-refractivity contribution in [3.05, 3.63) is 29.0 Å². The average molecular weight is 258 g/mol. The Morgan fingerprint density at radius 1 is 1.41 bits per heavy atom. The molecule has 1 amide bonds. The van der Waals surface area contributed by atoms with E-state index in [-0.39, 0.29) is 10.7 Å². The van der Waals surface area contributed by atoms with E-state index < -0.39 is 23.1 Å². The van der Waals surface area contributed by atoms with Crippen molar-refractivity contribution in [3.63, 3.8) is 0 Å². The fourth-order valence-electron chi connectivity index (χ4n) is 1.50.